The molecule has 0 bridgehead atoms. The van der Waals surface area contributed by atoms with Gasteiger partial charge in [0, 0.05) is 6.04 Å². The van der Waals surface area contributed by atoms with Gasteiger partial charge in [-0.25, -0.2) is 0 Å². The van der Waals surface area contributed by atoms with Gasteiger partial charge in [-0.1, -0.05) is 45.8 Å². The van der Waals surface area contributed by atoms with Crippen molar-refractivity contribution < 1.29 is 0 Å². The second kappa shape index (κ2) is 7.11. The summed E-state index contributed by atoms with van der Waals surface area (Å²) in [6.45, 7) is 12.1. The molecule has 0 spiro atoms. The first-order valence-corrected chi connectivity index (χ1v) is 7.07. The predicted molar refractivity (Wildman–Crippen MR) is 72.6 cm³/mol. The van der Waals surface area contributed by atoms with Gasteiger partial charge < -0.3 is 5.32 Å². The van der Waals surface area contributed by atoms with Gasteiger partial charge in [0.1, 0.15) is 0 Å². The molecule has 1 saturated carbocycles. The zero-order chi connectivity index (χ0) is 12.0. The smallest absolute Gasteiger partial charge is 0.0132 e. The van der Waals surface area contributed by atoms with E-state index in [-0.39, 0.29) is 0 Å². The molecule has 0 aromatic heterocycles. The van der Waals surface area contributed by atoms with Crippen molar-refractivity contribution in [3.05, 3.63) is 12.2 Å². The molecule has 0 aromatic rings. The van der Waals surface area contributed by atoms with Crippen LogP contribution in [-0.4, -0.2) is 12.6 Å². The quantitative estimate of drug-likeness (QED) is 0.667. The Kier molecular flexibility index (Phi) is 6.12. The maximum Gasteiger partial charge on any atom is 0.0132 e. The van der Waals surface area contributed by atoms with Crippen molar-refractivity contribution in [1.82, 2.24) is 5.32 Å². The summed E-state index contributed by atoms with van der Waals surface area (Å²) in [6.07, 6.45) is 7.98. The Balaban J connectivity index is 2.45. The summed E-state index contributed by atoms with van der Waals surface area (Å²) >= 11 is 0. The van der Waals surface area contributed by atoms with Crippen LogP contribution >= 0.6 is 0 Å². The third kappa shape index (κ3) is 4.29. The van der Waals surface area contributed by atoms with Gasteiger partial charge in [-0.05, 0) is 44.1 Å². The van der Waals surface area contributed by atoms with Crippen molar-refractivity contribution in [2.45, 2.75) is 65.3 Å². The van der Waals surface area contributed by atoms with Crippen LogP contribution in [0.5, 0.6) is 0 Å². The first-order valence-electron chi connectivity index (χ1n) is 7.07. The first kappa shape index (κ1) is 13.8. The Labute approximate surface area is 102 Å². The van der Waals surface area contributed by atoms with Gasteiger partial charge in [-0.15, -0.1) is 0 Å². The van der Waals surface area contributed by atoms with Crippen LogP contribution in [0.2, 0.25) is 0 Å². The van der Waals surface area contributed by atoms with Crippen LogP contribution in [0, 0.1) is 11.8 Å². The molecule has 1 rings (SSSR count). The molecule has 94 valence electrons. The minimum atomic E-state index is 0.685. The lowest BCUT2D eigenvalue weighted by Gasteiger charge is -2.33. The molecule has 0 heterocycles. The SMILES string of the molecule is C=C(CC)CC(NCC)C1CCC(C)CC1. The first-order chi connectivity index (χ1) is 7.67. The minimum absolute atomic E-state index is 0.685. The summed E-state index contributed by atoms with van der Waals surface area (Å²) in [6, 6.07) is 0.685. The van der Waals surface area contributed by atoms with E-state index in [2.05, 4.69) is 32.7 Å². The molecule has 16 heavy (non-hydrogen) atoms. The van der Waals surface area contributed by atoms with Crippen LogP contribution in [0.1, 0.15) is 59.3 Å². The molecular formula is C15H29N. The number of nitrogens with one attached hydrogen (secondary N) is 1. The van der Waals surface area contributed by atoms with Crippen LogP contribution < -0.4 is 5.32 Å². The Morgan fingerprint density at radius 2 is 1.88 bits per heavy atom. The topological polar surface area (TPSA) is 12.0 Å². The predicted octanol–water partition coefficient (Wildman–Crippen LogP) is 4.15. The third-order valence-corrected chi connectivity index (χ3v) is 4.10. The summed E-state index contributed by atoms with van der Waals surface area (Å²) in [5.41, 5.74) is 1.41. The van der Waals surface area contributed by atoms with E-state index in [1.807, 2.05) is 0 Å². The fraction of sp³-hybridized carbons (Fsp3) is 0.867. The van der Waals surface area contributed by atoms with E-state index in [4.69, 9.17) is 0 Å². The molecule has 0 radical (unpaired) electrons. The summed E-state index contributed by atoms with van der Waals surface area (Å²) in [5, 5.41) is 3.67. The van der Waals surface area contributed by atoms with E-state index in [9.17, 15) is 0 Å². The van der Waals surface area contributed by atoms with Gasteiger partial charge in [0.2, 0.25) is 0 Å². The van der Waals surface area contributed by atoms with Crippen LogP contribution in [0.25, 0.3) is 0 Å². The molecule has 1 atom stereocenters. The lowest BCUT2D eigenvalue weighted by Crippen LogP contribution is -2.38. The van der Waals surface area contributed by atoms with Gasteiger partial charge in [0.25, 0.3) is 0 Å². The maximum atomic E-state index is 4.17. The van der Waals surface area contributed by atoms with Gasteiger partial charge in [0.15, 0.2) is 0 Å². The highest BCUT2D eigenvalue weighted by atomic mass is 14.9. The second-order valence-corrected chi connectivity index (χ2v) is 5.49. The van der Waals surface area contributed by atoms with Crippen molar-refractivity contribution in [1.29, 1.82) is 0 Å². The molecule has 0 aliphatic heterocycles. The molecule has 0 aromatic carbocycles. The summed E-state index contributed by atoms with van der Waals surface area (Å²) in [4.78, 5) is 0. The van der Waals surface area contributed by atoms with Gasteiger partial charge >= 0.3 is 0 Å². The lowest BCUT2D eigenvalue weighted by molar-refractivity contribution is 0.230. The van der Waals surface area contributed by atoms with Crippen LogP contribution in [0.15, 0.2) is 12.2 Å². The molecule has 1 unspecified atom stereocenters. The molecule has 1 N–H and O–H groups in total. The zero-order valence-corrected chi connectivity index (χ0v) is 11.4. The van der Waals surface area contributed by atoms with Crippen molar-refractivity contribution in [2.75, 3.05) is 6.54 Å². The van der Waals surface area contributed by atoms with Crippen LogP contribution in [-0.2, 0) is 0 Å². The number of hydrogen-bond acceptors (Lipinski definition) is 1. The van der Waals surface area contributed by atoms with Crippen LogP contribution in [0.3, 0.4) is 0 Å². The van der Waals surface area contributed by atoms with Crippen LogP contribution in [0.4, 0.5) is 0 Å². The molecule has 1 heteroatoms. The molecule has 1 fully saturated rings. The van der Waals surface area contributed by atoms with Crippen molar-refractivity contribution in [3.63, 3.8) is 0 Å². The fourth-order valence-electron chi connectivity index (χ4n) is 2.81. The normalized spacial score (nSPS) is 27.7. The largest absolute Gasteiger partial charge is 0.314 e. The Morgan fingerprint density at radius 1 is 1.25 bits per heavy atom. The molecule has 0 saturated heterocycles. The van der Waals surface area contributed by atoms with Gasteiger partial charge in [0.05, 0.1) is 0 Å². The average molecular weight is 223 g/mol. The van der Waals surface area contributed by atoms with Crippen molar-refractivity contribution in [3.8, 4) is 0 Å². The second-order valence-electron chi connectivity index (χ2n) is 5.49. The molecular weight excluding hydrogens is 194 g/mol. The average Bonchev–Trinajstić information content (AvgIpc) is 2.29. The van der Waals surface area contributed by atoms with E-state index >= 15 is 0 Å². The van der Waals surface area contributed by atoms with E-state index in [0.29, 0.717) is 6.04 Å². The van der Waals surface area contributed by atoms with Gasteiger partial charge in [-0.2, -0.15) is 0 Å². The minimum Gasteiger partial charge on any atom is -0.314 e. The van der Waals surface area contributed by atoms with Crippen molar-refractivity contribution >= 4 is 0 Å². The van der Waals surface area contributed by atoms with E-state index in [1.54, 1.807) is 0 Å². The van der Waals surface area contributed by atoms with Crippen molar-refractivity contribution in [2.24, 2.45) is 11.8 Å². The lowest BCUT2D eigenvalue weighted by atomic mass is 9.77. The number of rotatable bonds is 6. The fourth-order valence-corrected chi connectivity index (χ4v) is 2.81. The standard InChI is InChI=1S/C15H29N/c1-5-12(3)11-15(16-6-2)14-9-7-13(4)8-10-14/h13-16H,3,5-11H2,1-2,4H3. The third-order valence-electron chi connectivity index (χ3n) is 4.10. The monoisotopic (exact) mass is 223 g/mol. The van der Waals surface area contributed by atoms with E-state index < -0.39 is 0 Å². The highest BCUT2D eigenvalue weighted by molar-refractivity contribution is 4.98. The maximum absolute atomic E-state index is 4.17. The van der Waals surface area contributed by atoms with E-state index in [1.165, 1.54) is 37.7 Å². The summed E-state index contributed by atoms with van der Waals surface area (Å²) in [7, 11) is 0. The highest BCUT2D eigenvalue weighted by Gasteiger charge is 2.25. The summed E-state index contributed by atoms with van der Waals surface area (Å²) in [5.74, 6) is 1.84. The zero-order valence-electron chi connectivity index (χ0n) is 11.4. The highest BCUT2D eigenvalue weighted by Crippen LogP contribution is 2.32. The van der Waals surface area contributed by atoms with Gasteiger partial charge in [-0.3, -0.25) is 0 Å². The molecule has 1 aliphatic rings. The number of hydrogen-bond donors (Lipinski definition) is 1. The molecule has 1 nitrogen and oxygen atoms in total. The Morgan fingerprint density at radius 3 is 2.38 bits per heavy atom. The Hall–Kier alpha value is -0.300. The molecule has 1 aliphatic carbocycles. The Bertz CT molecular complexity index is 201. The molecule has 0 amide bonds. The van der Waals surface area contributed by atoms with E-state index in [0.717, 1.165) is 24.8 Å². The summed E-state index contributed by atoms with van der Waals surface area (Å²) < 4.78 is 0.